The first-order valence-electron chi connectivity index (χ1n) is 11.6. The summed E-state index contributed by atoms with van der Waals surface area (Å²) in [4.78, 5) is 0. The van der Waals surface area contributed by atoms with Crippen molar-refractivity contribution < 1.29 is 4.74 Å². The molecule has 0 radical (unpaired) electrons. The molecule has 7 nitrogen and oxygen atoms in total. The SMILES string of the molecule is CCCCCCCCOc1ccc(/C=N\Nc2nnnn2-c2cccc3ccccc23)cc1. The van der Waals surface area contributed by atoms with Crippen LogP contribution in [0.2, 0.25) is 0 Å². The molecule has 0 aliphatic heterocycles. The molecule has 170 valence electrons. The molecule has 0 saturated carbocycles. The first-order valence-corrected chi connectivity index (χ1v) is 11.6. The van der Waals surface area contributed by atoms with E-state index in [-0.39, 0.29) is 0 Å². The van der Waals surface area contributed by atoms with Gasteiger partial charge in [0.1, 0.15) is 5.75 Å². The minimum atomic E-state index is 0.446. The Morgan fingerprint density at radius 3 is 2.58 bits per heavy atom. The van der Waals surface area contributed by atoms with E-state index in [2.05, 4.69) is 51.2 Å². The first kappa shape index (κ1) is 22.5. The molecule has 0 spiro atoms. The Balaban J connectivity index is 1.31. The number of hydrazone groups is 1. The predicted octanol–water partition coefficient (Wildman–Crippen LogP) is 6.00. The number of tetrazole rings is 1. The Labute approximate surface area is 194 Å². The highest BCUT2D eigenvalue weighted by atomic mass is 16.5. The minimum Gasteiger partial charge on any atom is -0.494 e. The molecule has 1 N–H and O–H groups in total. The third-order valence-corrected chi connectivity index (χ3v) is 5.49. The van der Waals surface area contributed by atoms with Crippen LogP contribution in [0.15, 0.2) is 71.8 Å². The van der Waals surface area contributed by atoms with Gasteiger partial charge in [-0.2, -0.15) is 9.78 Å². The number of nitrogens with one attached hydrogen (secondary N) is 1. The Hall–Kier alpha value is -3.74. The number of rotatable bonds is 12. The van der Waals surface area contributed by atoms with Crippen LogP contribution in [0.25, 0.3) is 16.5 Å². The van der Waals surface area contributed by atoms with E-state index in [1.807, 2.05) is 48.5 Å². The molecule has 0 aliphatic carbocycles. The van der Waals surface area contributed by atoms with Gasteiger partial charge in [-0.1, -0.05) is 80.5 Å². The van der Waals surface area contributed by atoms with Gasteiger partial charge in [-0.05, 0) is 58.1 Å². The van der Waals surface area contributed by atoms with Crippen molar-refractivity contribution in [1.82, 2.24) is 20.2 Å². The summed E-state index contributed by atoms with van der Waals surface area (Å²) in [6.07, 6.45) is 9.30. The minimum absolute atomic E-state index is 0.446. The van der Waals surface area contributed by atoms with Crippen molar-refractivity contribution in [2.24, 2.45) is 5.10 Å². The van der Waals surface area contributed by atoms with Crippen LogP contribution < -0.4 is 10.2 Å². The number of nitrogens with zero attached hydrogens (tertiary/aromatic N) is 5. The third kappa shape index (κ3) is 6.16. The van der Waals surface area contributed by atoms with Crippen molar-refractivity contribution in [3.8, 4) is 11.4 Å². The standard InChI is InChI=1S/C26H30N6O/c1-2-3-4-5-6-9-19-33-23-17-15-21(16-18-23)20-27-28-26-29-30-31-32(26)25-14-10-12-22-11-7-8-13-24(22)25/h7-8,10-18,20H,2-6,9,19H2,1H3,(H,28,29,31)/b27-20-. The zero-order valence-electron chi connectivity index (χ0n) is 19.0. The van der Waals surface area contributed by atoms with Gasteiger partial charge in [0, 0.05) is 5.39 Å². The fourth-order valence-corrected chi connectivity index (χ4v) is 3.70. The smallest absolute Gasteiger partial charge is 0.268 e. The molecule has 7 heteroatoms. The summed E-state index contributed by atoms with van der Waals surface area (Å²) in [5, 5.41) is 18.5. The molecule has 1 aromatic heterocycles. The van der Waals surface area contributed by atoms with Crippen molar-refractivity contribution in [2.75, 3.05) is 12.0 Å². The van der Waals surface area contributed by atoms with E-state index in [0.717, 1.165) is 40.8 Å². The van der Waals surface area contributed by atoms with Crippen LogP contribution in [0.1, 0.15) is 51.0 Å². The lowest BCUT2D eigenvalue weighted by Gasteiger charge is -2.07. The molecular formula is C26H30N6O. The Morgan fingerprint density at radius 2 is 1.70 bits per heavy atom. The lowest BCUT2D eigenvalue weighted by Crippen LogP contribution is -2.04. The van der Waals surface area contributed by atoms with E-state index in [9.17, 15) is 0 Å². The maximum atomic E-state index is 5.84. The van der Waals surface area contributed by atoms with Gasteiger partial charge in [0.2, 0.25) is 0 Å². The molecule has 4 rings (SSSR count). The zero-order chi connectivity index (χ0) is 22.7. The van der Waals surface area contributed by atoms with Crippen molar-refractivity contribution in [3.63, 3.8) is 0 Å². The van der Waals surface area contributed by atoms with Gasteiger partial charge in [0.15, 0.2) is 0 Å². The van der Waals surface area contributed by atoms with Crippen LogP contribution in [-0.4, -0.2) is 33.0 Å². The average Bonchev–Trinajstić information content (AvgIpc) is 3.32. The van der Waals surface area contributed by atoms with Crippen molar-refractivity contribution in [1.29, 1.82) is 0 Å². The maximum Gasteiger partial charge on any atom is 0.268 e. The summed E-state index contributed by atoms with van der Waals surface area (Å²) in [7, 11) is 0. The largest absolute Gasteiger partial charge is 0.494 e. The number of hydrogen-bond acceptors (Lipinski definition) is 6. The van der Waals surface area contributed by atoms with E-state index in [0.29, 0.717) is 5.95 Å². The van der Waals surface area contributed by atoms with E-state index < -0.39 is 0 Å². The molecule has 0 amide bonds. The number of ether oxygens (including phenoxy) is 1. The number of aromatic nitrogens is 4. The van der Waals surface area contributed by atoms with Crippen LogP contribution in [0, 0.1) is 0 Å². The summed E-state index contributed by atoms with van der Waals surface area (Å²) in [6.45, 7) is 3.00. The van der Waals surface area contributed by atoms with Gasteiger partial charge in [-0.15, -0.1) is 0 Å². The second kappa shape index (κ2) is 11.8. The molecule has 33 heavy (non-hydrogen) atoms. The second-order valence-electron chi connectivity index (χ2n) is 7.97. The fourth-order valence-electron chi connectivity index (χ4n) is 3.70. The zero-order valence-corrected chi connectivity index (χ0v) is 19.0. The molecule has 0 unspecified atom stereocenters. The van der Waals surface area contributed by atoms with Gasteiger partial charge in [0.05, 0.1) is 18.5 Å². The third-order valence-electron chi connectivity index (χ3n) is 5.49. The Morgan fingerprint density at radius 1 is 0.909 bits per heavy atom. The highest BCUT2D eigenvalue weighted by molar-refractivity contribution is 5.90. The van der Waals surface area contributed by atoms with Crippen LogP contribution in [0.5, 0.6) is 5.75 Å². The lowest BCUT2D eigenvalue weighted by atomic mass is 10.1. The molecule has 0 bridgehead atoms. The van der Waals surface area contributed by atoms with Crippen LogP contribution in [0.4, 0.5) is 5.95 Å². The van der Waals surface area contributed by atoms with Gasteiger partial charge < -0.3 is 4.74 Å². The molecule has 4 aromatic rings. The van der Waals surface area contributed by atoms with E-state index in [4.69, 9.17) is 4.74 Å². The van der Waals surface area contributed by atoms with Crippen LogP contribution in [0.3, 0.4) is 0 Å². The molecule has 0 saturated heterocycles. The molecule has 0 atom stereocenters. The monoisotopic (exact) mass is 442 g/mol. The van der Waals surface area contributed by atoms with Crippen LogP contribution in [-0.2, 0) is 0 Å². The van der Waals surface area contributed by atoms with E-state index >= 15 is 0 Å². The molecule has 0 fully saturated rings. The van der Waals surface area contributed by atoms with E-state index in [1.54, 1.807) is 10.9 Å². The Bertz CT molecular complexity index is 1160. The molecule has 3 aromatic carbocycles. The maximum absolute atomic E-state index is 5.84. The summed E-state index contributed by atoms with van der Waals surface area (Å²) in [5.74, 6) is 1.33. The number of fused-ring (bicyclic) bond motifs is 1. The van der Waals surface area contributed by atoms with Crippen molar-refractivity contribution >= 4 is 22.9 Å². The van der Waals surface area contributed by atoms with Gasteiger partial charge in [-0.25, -0.2) is 5.43 Å². The van der Waals surface area contributed by atoms with Crippen molar-refractivity contribution in [2.45, 2.75) is 45.4 Å². The summed E-state index contributed by atoms with van der Waals surface area (Å²) in [6, 6.07) is 22.1. The van der Waals surface area contributed by atoms with Gasteiger partial charge in [-0.3, -0.25) is 0 Å². The molecule has 1 heterocycles. The highest BCUT2D eigenvalue weighted by Gasteiger charge is 2.10. The number of unbranched alkanes of at least 4 members (excludes halogenated alkanes) is 5. The average molecular weight is 443 g/mol. The number of hydrogen-bond donors (Lipinski definition) is 1. The predicted molar refractivity (Wildman–Crippen MR) is 133 cm³/mol. The van der Waals surface area contributed by atoms with Gasteiger partial charge in [0.25, 0.3) is 5.95 Å². The second-order valence-corrected chi connectivity index (χ2v) is 7.97. The molecular weight excluding hydrogens is 412 g/mol. The van der Waals surface area contributed by atoms with Crippen LogP contribution >= 0.6 is 0 Å². The number of benzene rings is 3. The summed E-state index contributed by atoms with van der Waals surface area (Å²) in [5.41, 5.74) is 4.80. The fraction of sp³-hybridized carbons (Fsp3) is 0.308. The quantitative estimate of drug-likeness (QED) is 0.165. The topological polar surface area (TPSA) is 77.2 Å². The lowest BCUT2D eigenvalue weighted by molar-refractivity contribution is 0.304. The van der Waals surface area contributed by atoms with Gasteiger partial charge >= 0.3 is 0 Å². The van der Waals surface area contributed by atoms with E-state index in [1.165, 1.54) is 32.1 Å². The molecule has 0 aliphatic rings. The summed E-state index contributed by atoms with van der Waals surface area (Å²) < 4.78 is 7.49. The first-order chi connectivity index (χ1) is 16.3. The summed E-state index contributed by atoms with van der Waals surface area (Å²) >= 11 is 0. The van der Waals surface area contributed by atoms with Crippen molar-refractivity contribution in [3.05, 3.63) is 72.3 Å². The highest BCUT2D eigenvalue weighted by Crippen LogP contribution is 2.23. The number of anilines is 1. The normalized spacial score (nSPS) is 11.3. The Kier molecular flexibility index (Phi) is 8.00.